The van der Waals surface area contributed by atoms with E-state index in [0.717, 1.165) is 11.1 Å². The highest BCUT2D eigenvalue weighted by atomic mass is 35.5. The Kier molecular flexibility index (Phi) is 10.5. The Balaban J connectivity index is 1.36. The van der Waals surface area contributed by atoms with E-state index in [2.05, 4.69) is 10.6 Å². The second kappa shape index (κ2) is 14.9. The zero-order valence-corrected chi connectivity index (χ0v) is 25.9. The van der Waals surface area contributed by atoms with Crippen LogP contribution in [0.2, 0.25) is 5.02 Å². The largest absolute Gasteiger partial charge is 0.496 e. The van der Waals surface area contributed by atoms with E-state index in [1.807, 2.05) is 12.1 Å². The molecule has 12 heteroatoms. The summed E-state index contributed by atoms with van der Waals surface area (Å²) in [5, 5.41) is 6.45. The number of fused-ring (bicyclic) bond motifs is 9. The first kappa shape index (κ1) is 31.8. The van der Waals surface area contributed by atoms with Crippen molar-refractivity contribution < 1.29 is 38.1 Å². The van der Waals surface area contributed by atoms with Crippen molar-refractivity contribution in [3.8, 4) is 28.7 Å². The number of methoxy groups -OCH3 is 2. The standard InChI is InChI=1S/C33H36ClN3O8/c1-41-28-10-6-21-7-11-31(38)35-17-22-8-9-25(16-29(22)42-2)45-27-12-13-37(18-26(27)36-32(39)19-44-30(28)14-21)33(40)20-43-24-5-3-4-23(34)15-24/h3-6,8-10,14-16,26-27H,7,11-13,17-20H2,1-2H3,(H,35,38)(H,36,39)/t26-,27+/m1/s1. The highest BCUT2D eigenvalue weighted by molar-refractivity contribution is 6.30. The number of hydrogen-bond donors (Lipinski definition) is 2. The lowest BCUT2D eigenvalue weighted by atomic mass is 10.0. The molecule has 0 spiro atoms. The number of nitrogens with zero attached hydrogens (tertiary/aromatic N) is 1. The molecule has 3 aromatic carbocycles. The molecule has 3 heterocycles. The number of halogens is 1. The molecule has 3 aromatic rings. The molecule has 0 radical (unpaired) electrons. The van der Waals surface area contributed by atoms with Gasteiger partial charge in [0.05, 0.1) is 20.3 Å². The van der Waals surface area contributed by atoms with Crippen LogP contribution >= 0.6 is 11.6 Å². The molecule has 4 bridgehead atoms. The second-order valence-corrected chi connectivity index (χ2v) is 11.2. The summed E-state index contributed by atoms with van der Waals surface area (Å²) in [6.45, 7) is 0.416. The molecule has 238 valence electrons. The monoisotopic (exact) mass is 637 g/mol. The molecule has 6 rings (SSSR count). The lowest BCUT2D eigenvalue weighted by Gasteiger charge is -2.38. The van der Waals surface area contributed by atoms with E-state index in [1.54, 1.807) is 60.5 Å². The number of piperidine rings is 1. The molecule has 0 saturated carbocycles. The summed E-state index contributed by atoms with van der Waals surface area (Å²) in [4.78, 5) is 40.6. The SMILES string of the molecule is COc1cc2ccc1CNC(=O)CCc1ccc(OC)c(c1)OCC(=O)N[C@@H]1CN(C(=O)COc3cccc(Cl)c3)CC[C@@H]1O2. The quantitative estimate of drug-likeness (QED) is 0.435. The van der Waals surface area contributed by atoms with Crippen molar-refractivity contribution in [3.63, 3.8) is 0 Å². The lowest BCUT2D eigenvalue weighted by molar-refractivity contribution is -0.137. The zero-order chi connectivity index (χ0) is 31.8. The maximum Gasteiger partial charge on any atom is 0.260 e. The summed E-state index contributed by atoms with van der Waals surface area (Å²) < 4.78 is 28.9. The fraction of sp³-hybridized carbons (Fsp3) is 0.364. The van der Waals surface area contributed by atoms with Gasteiger partial charge < -0.3 is 39.2 Å². The van der Waals surface area contributed by atoms with Gasteiger partial charge >= 0.3 is 0 Å². The molecular formula is C33H36ClN3O8. The number of likely N-dealkylation sites (tertiary alicyclic amines) is 1. The van der Waals surface area contributed by atoms with Gasteiger partial charge in [0.15, 0.2) is 24.7 Å². The van der Waals surface area contributed by atoms with Gasteiger partial charge in [0.2, 0.25) is 5.91 Å². The molecule has 45 heavy (non-hydrogen) atoms. The average molecular weight is 638 g/mol. The number of aryl methyl sites for hydroxylation is 1. The van der Waals surface area contributed by atoms with Crippen LogP contribution in [0.3, 0.4) is 0 Å². The molecule has 3 amide bonds. The predicted octanol–water partition coefficient (Wildman–Crippen LogP) is 3.54. The van der Waals surface area contributed by atoms with E-state index in [9.17, 15) is 14.4 Å². The van der Waals surface area contributed by atoms with E-state index in [0.29, 0.717) is 53.2 Å². The van der Waals surface area contributed by atoms with Crippen molar-refractivity contribution in [1.82, 2.24) is 15.5 Å². The number of carbonyl (C=O) groups excluding carboxylic acids is 3. The Morgan fingerprint density at radius 2 is 1.84 bits per heavy atom. The van der Waals surface area contributed by atoms with Gasteiger partial charge in [-0.05, 0) is 54.4 Å². The molecule has 0 unspecified atom stereocenters. The van der Waals surface area contributed by atoms with Crippen LogP contribution in [-0.4, -0.2) is 75.3 Å². The van der Waals surface area contributed by atoms with Crippen molar-refractivity contribution in [3.05, 3.63) is 76.8 Å². The highest BCUT2D eigenvalue weighted by Crippen LogP contribution is 2.30. The van der Waals surface area contributed by atoms with Crippen molar-refractivity contribution in [2.24, 2.45) is 0 Å². The molecule has 0 aliphatic carbocycles. The zero-order valence-electron chi connectivity index (χ0n) is 25.2. The third-order valence-corrected chi connectivity index (χ3v) is 7.89. The molecule has 2 atom stereocenters. The summed E-state index contributed by atoms with van der Waals surface area (Å²) in [5.74, 6) is 1.69. The van der Waals surface area contributed by atoms with Gasteiger partial charge in [0.25, 0.3) is 11.8 Å². The lowest BCUT2D eigenvalue weighted by Crippen LogP contribution is -2.59. The number of carbonyl (C=O) groups is 3. The van der Waals surface area contributed by atoms with Gasteiger partial charge in [-0.1, -0.05) is 23.7 Å². The molecular weight excluding hydrogens is 602 g/mol. The third kappa shape index (κ3) is 8.51. The summed E-state index contributed by atoms with van der Waals surface area (Å²) >= 11 is 6.04. The third-order valence-electron chi connectivity index (χ3n) is 7.66. The minimum Gasteiger partial charge on any atom is -0.496 e. The predicted molar refractivity (Wildman–Crippen MR) is 166 cm³/mol. The van der Waals surface area contributed by atoms with Gasteiger partial charge in [0.1, 0.15) is 23.4 Å². The number of nitrogens with one attached hydrogen (secondary N) is 2. The number of hydrogen-bond acceptors (Lipinski definition) is 8. The van der Waals surface area contributed by atoms with E-state index in [1.165, 1.54) is 7.11 Å². The molecule has 3 aliphatic rings. The van der Waals surface area contributed by atoms with Crippen LogP contribution in [0.25, 0.3) is 0 Å². The average Bonchev–Trinajstić information content (AvgIpc) is 3.05. The second-order valence-electron chi connectivity index (χ2n) is 10.7. The molecule has 1 saturated heterocycles. The first-order valence-electron chi connectivity index (χ1n) is 14.7. The number of amides is 3. The van der Waals surface area contributed by atoms with Gasteiger partial charge in [-0.3, -0.25) is 14.4 Å². The van der Waals surface area contributed by atoms with Crippen LogP contribution in [0.4, 0.5) is 0 Å². The van der Waals surface area contributed by atoms with Crippen LogP contribution in [0.1, 0.15) is 24.0 Å². The van der Waals surface area contributed by atoms with Gasteiger partial charge in [0, 0.05) is 49.1 Å². The van der Waals surface area contributed by atoms with Crippen LogP contribution in [0, 0.1) is 0 Å². The fourth-order valence-electron chi connectivity index (χ4n) is 5.27. The summed E-state index contributed by atoms with van der Waals surface area (Å²) in [5.41, 5.74) is 1.65. The smallest absolute Gasteiger partial charge is 0.260 e. The van der Waals surface area contributed by atoms with Crippen molar-refractivity contribution in [2.45, 2.75) is 38.0 Å². The summed E-state index contributed by atoms with van der Waals surface area (Å²) in [7, 11) is 3.07. The van der Waals surface area contributed by atoms with E-state index in [4.69, 9.17) is 35.3 Å². The van der Waals surface area contributed by atoms with Crippen molar-refractivity contribution in [2.75, 3.05) is 40.5 Å². The molecule has 0 aromatic heterocycles. The number of benzene rings is 3. The van der Waals surface area contributed by atoms with Gasteiger partial charge in [-0.25, -0.2) is 0 Å². The topological polar surface area (TPSA) is 125 Å². The van der Waals surface area contributed by atoms with Crippen molar-refractivity contribution in [1.29, 1.82) is 0 Å². The highest BCUT2D eigenvalue weighted by Gasteiger charge is 2.34. The number of rotatable bonds is 5. The first-order valence-corrected chi connectivity index (χ1v) is 15.0. The fourth-order valence-corrected chi connectivity index (χ4v) is 5.45. The molecule has 2 N–H and O–H groups in total. The van der Waals surface area contributed by atoms with Gasteiger partial charge in [-0.2, -0.15) is 0 Å². The Morgan fingerprint density at radius 3 is 2.64 bits per heavy atom. The Bertz CT molecular complexity index is 1530. The Morgan fingerprint density at radius 1 is 1.00 bits per heavy atom. The summed E-state index contributed by atoms with van der Waals surface area (Å²) in [6.07, 6.45) is 0.724. The van der Waals surface area contributed by atoms with E-state index in [-0.39, 0.29) is 44.5 Å². The van der Waals surface area contributed by atoms with Gasteiger partial charge in [-0.15, -0.1) is 0 Å². The van der Waals surface area contributed by atoms with Crippen LogP contribution in [0.5, 0.6) is 28.7 Å². The summed E-state index contributed by atoms with van der Waals surface area (Å²) in [6, 6.07) is 17.0. The normalized spacial score (nSPS) is 18.9. The molecule has 1 fully saturated rings. The minimum atomic E-state index is -0.551. The van der Waals surface area contributed by atoms with Crippen LogP contribution in [0.15, 0.2) is 60.7 Å². The Labute approximate surface area is 266 Å². The minimum absolute atomic E-state index is 0.116. The number of ether oxygens (including phenoxy) is 5. The maximum absolute atomic E-state index is 13.2. The van der Waals surface area contributed by atoms with Crippen LogP contribution < -0.4 is 34.3 Å². The van der Waals surface area contributed by atoms with Crippen molar-refractivity contribution >= 4 is 29.3 Å². The first-order chi connectivity index (χ1) is 21.8. The molecule has 11 nitrogen and oxygen atoms in total. The van der Waals surface area contributed by atoms with E-state index >= 15 is 0 Å². The van der Waals surface area contributed by atoms with Crippen LogP contribution in [-0.2, 0) is 27.3 Å². The van der Waals surface area contributed by atoms with E-state index < -0.39 is 18.1 Å². The Hall–Kier alpha value is -4.64. The molecule has 3 aliphatic heterocycles. The maximum atomic E-state index is 13.2.